The first kappa shape index (κ1) is 13.8. The van der Waals surface area contributed by atoms with Gasteiger partial charge in [0.1, 0.15) is 0 Å². The lowest BCUT2D eigenvalue weighted by molar-refractivity contribution is 0.0697. The molecule has 0 spiro atoms. The molecule has 94 valence electrons. The highest BCUT2D eigenvalue weighted by molar-refractivity contribution is 6.31. The second-order valence-corrected chi connectivity index (χ2v) is 4.63. The van der Waals surface area contributed by atoms with Crippen molar-refractivity contribution in [2.24, 2.45) is 0 Å². The van der Waals surface area contributed by atoms with E-state index >= 15 is 0 Å². The average molecular weight is 257 g/mol. The number of halogens is 1. The zero-order chi connectivity index (χ0) is 13.0. The normalized spacial score (nSPS) is 10.6. The minimum atomic E-state index is -0.959. The van der Waals surface area contributed by atoms with E-state index in [2.05, 4.69) is 0 Å². The zero-order valence-electron chi connectivity index (χ0n) is 10.3. The van der Waals surface area contributed by atoms with Gasteiger partial charge in [0.2, 0.25) is 0 Å². The molecule has 0 amide bonds. The van der Waals surface area contributed by atoms with Crippen LogP contribution >= 0.6 is 11.6 Å². The molecule has 0 fully saturated rings. The lowest BCUT2D eigenvalue weighted by Gasteiger charge is -2.23. The Balaban J connectivity index is 2.92. The van der Waals surface area contributed by atoms with Crippen molar-refractivity contribution in [3.8, 4) is 0 Å². The molecule has 0 aliphatic rings. The van der Waals surface area contributed by atoms with Crippen molar-refractivity contribution in [1.29, 1.82) is 0 Å². The van der Waals surface area contributed by atoms with E-state index in [1.54, 1.807) is 12.1 Å². The summed E-state index contributed by atoms with van der Waals surface area (Å²) < 4.78 is 0. The molecule has 0 aromatic heterocycles. The molecule has 0 unspecified atom stereocenters. The molecule has 1 rings (SSSR count). The number of hydrogen-bond donors (Lipinski definition) is 1. The first-order valence-corrected chi connectivity index (χ1v) is 5.68. The number of aromatic carboxylic acids is 1. The third-order valence-corrected chi connectivity index (χ3v) is 2.72. The maximum Gasteiger partial charge on any atom is 0.337 e. The van der Waals surface area contributed by atoms with Crippen molar-refractivity contribution in [1.82, 2.24) is 4.90 Å². The molecule has 4 nitrogen and oxygen atoms in total. The van der Waals surface area contributed by atoms with Crippen LogP contribution in [0.3, 0.4) is 0 Å². The summed E-state index contributed by atoms with van der Waals surface area (Å²) in [7, 11) is 5.83. The molecule has 0 saturated carbocycles. The molecule has 0 radical (unpaired) electrons. The van der Waals surface area contributed by atoms with Crippen LogP contribution in [0.1, 0.15) is 10.4 Å². The Morgan fingerprint density at radius 2 is 1.94 bits per heavy atom. The van der Waals surface area contributed by atoms with E-state index < -0.39 is 5.97 Å². The molecule has 0 atom stereocenters. The van der Waals surface area contributed by atoms with Gasteiger partial charge in [-0.1, -0.05) is 11.6 Å². The molecule has 0 bridgehead atoms. The van der Waals surface area contributed by atoms with Crippen LogP contribution in [0.15, 0.2) is 18.2 Å². The van der Waals surface area contributed by atoms with Crippen molar-refractivity contribution in [3.05, 3.63) is 28.8 Å². The number of likely N-dealkylation sites (N-methyl/N-ethyl adjacent to an activating group) is 2. The number of carboxylic acid groups (broad SMARTS) is 1. The largest absolute Gasteiger partial charge is 0.478 e. The minimum absolute atomic E-state index is 0.235. The van der Waals surface area contributed by atoms with E-state index in [-0.39, 0.29) is 5.56 Å². The van der Waals surface area contributed by atoms with Crippen LogP contribution in [0, 0.1) is 0 Å². The first-order chi connectivity index (χ1) is 7.91. The van der Waals surface area contributed by atoms with E-state index in [4.69, 9.17) is 16.7 Å². The van der Waals surface area contributed by atoms with Gasteiger partial charge in [-0.2, -0.15) is 0 Å². The van der Waals surface area contributed by atoms with Gasteiger partial charge in [-0.3, -0.25) is 0 Å². The fourth-order valence-corrected chi connectivity index (χ4v) is 1.65. The number of benzene rings is 1. The maximum atomic E-state index is 11.1. The highest BCUT2D eigenvalue weighted by Crippen LogP contribution is 2.23. The molecule has 5 heteroatoms. The lowest BCUT2D eigenvalue weighted by Crippen LogP contribution is -2.29. The van der Waals surface area contributed by atoms with Gasteiger partial charge in [0.25, 0.3) is 0 Å². The van der Waals surface area contributed by atoms with E-state index in [0.29, 0.717) is 10.7 Å². The summed E-state index contributed by atoms with van der Waals surface area (Å²) in [6, 6.07) is 4.92. The zero-order valence-corrected chi connectivity index (χ0v) is 11.0. The van der Waals surface area contributed by atoms with Crippen LogP contribution in [0.5, 0.6) is 0 Å². The van der Waals surface area contributed by atoms with Gasteiger partial charge in [-0.15, -0.1) is 0 Å². The number of hydrogen-bond acceptors (Lipinski definition) is 3. The molecule has 0 aliphatic heterocycles. The SMILES string of the molecule is CN(C)CCN(C)c1ccc(Cl)cc1C(=O)O. The van der Waals surface area contributed by atoms with Crippen molar-refractivity contribution in [2.45, 2.75) is 0 Å². The summed E-state index contributed by atoms with van der Waals surface area (Å²) in [5.41, 5.74) is 0.919. The average Bonchev–Trinajstić information content (AvgIpc) is 2.25. The number of carbonyl (C=O) groups is 1. The molecule has 1 aromatic rings. The minimum Gasteiger partial charge on any atom is -0.478 e. The van der Waals surface area contributed by atoms with Crippen molar-refractivity contribution in [2.75, 3.05) is 39.1 Å². The van der Waals surface area contributed by atoms with E-state index in [1.807, 2.05) is 30.9 Å². The van der Waals surface area contributed by atoms with Crippen molar-refractivity contribution < 1.29 is 9.90 Å². The van der Waals surface area contributed by atoms with Crippen molar-refractivity contribution >= 4 is 23.3 Å². The second kappa shape index (κ2) is 5.89. The third kappa shape index (κ3) is 3.91. The summed E-state index contributed by atoms with van der Waals surface area (Å²) in [6.45, 7) is 1.62. The van der Waals surface area contributed by atoms with Crippen LogP contribution in [0.4, 0.5) is 5.69 Å². The van der Waals surface area contributed by atoms with Crippen LogP contribution in [0.25, 0.3) is 0 Å². The summed E-state index contributed by atoms with van der Waals surface area (Å²) >= 11 is 5.80. The van der Waals surface area contributed by atoms with Gasteiger partial charge in [0.15, 0.2) is 0 Å². The molecular weight excluding hydrogens is 240 g/mol. The molecule has 1 aromatic carbocycles. The van der Waals surface area contributed by atoms with Crippen LogP contribution in [0.2, 0.25) is 5.02 Å². The van der Waals surface area contributed by atoms with E-state index in [0.717, 1.165) is 13.1 Å². The predicted molar refractivity (Wildman–Crippen MR) is 70.2 cm³/mol. The molecule has 0 heterocycles. The Labute approximate surface area is 106 Å². The summed E-state index contributed by atoms with van der Waals surface area (Å²) in [5, 5.41) is 9.56. The molecule has 1 N–H and O–H groups in total. The Morgan fingerprint density at radius 3 is 2.47 bits per heavy atom. The van der Waals surface area contributed by atoms with Gasteiger partial charge < -0.3 is 14.9 Å². The third-order valence-electron chi connectivity index (χ3n) is 2.48. The number of rotatable bonds is 5. The summed E-state index contributed by atoms with van der Waals surface area (Å²) in [4.78, 5) is 15.1. The van der Waals surface area contributed by atoms with Crippen LogP contribution in [-0.2, 0) is 0 Å². The van der Waals surface area contributed by atoms with E-state index in [1.165, 1.54) is 6.07 Å². The van der Waals surface area contributed by atoms with Gasteiger partial charge in [0, 0.05) is 25.2 Å². The Bertz CT molecular complexity index is 407. The van der Waals surface area contributed by atoms with Gasteiger partial charge >= 0.3 is 5.97 Å². The van der Waals surface area contributed by atoms with Crippen molar-refractivity contribution in [3.63, 3.8) is 0 Å². The smallest absolute Gasteiger partial charge is 0.337 e. The summed E-state index contributed by atoms with van der Waals surface area (Å²) in [6.07, 6.45) is 0. The molecule has 17 heavy (non-hydrogen) atoms. The standard InChI is InChI=1S/C12H17ClN2O2/c1-14(2)6-7-15(3)11-5-4-9(13)8-10(11)12(16)17/h4-5,8H,6-7H2,1-3H3,(H,16,17). The van der Waals surface area contributed by atoms with Gasteiger partial charge in [-0.05, 0) is 32.3 Å². The van der Waals surface area contributed by atoms with Gasteiger partial charge in [-0.25, -0.2) is 4.79 Å². The molecule has 0 saturated heterocycles. The fourth-order valence-electron chi connectivity index (χ4n) is 1.48. The molecular formula is C12H17ClN2O2. The fraction of sp³-hybridized carbons (Fsp3) is 0.417. The van der Waals surface area contributed by atoms with E-state index in [9.17, 15) is 4.79 Å². The number of anilines is 1. The first-order valence-electron chi connectivity index (χ1n) is 5.30. The highest BCUT2D eigenvalue weighted by atomic mass is 35.5. The second-order valence-electron chi connectivity index (χ2n) is 4.19. The molecule has 0 aliphatic carbocycles. The Hall–Kier alpha value is -1.26. The maximum absolute atomic E-state index is 11.1. The Morgan fingerprint density at radius 1 is 1.29 bits per heavy atom. The summed E-state index contributed by atoms with van der Waals surface area (Å²) in [5.74, 6) is -0.959. The predicted octanol–water partition coefficient (Wildman–Crippen LogP) is 2.04. The van der Waals surface area contributed by atoms with Crippen LogP contribution < -0.4 is 4.90 Å². The lowest BCUT2D eigenvalue weighted by atomic mass is 10.1. The number of carboxylic acids is 1. The van der Waals surface area contributed by atoms with Gasteiger partial charge in [0.05, 0.1) is 11.3 Å². The monoisotopic (exact) mass is 256 g/mol. The highest BCUT2D eigenvalue weighted by Gasteiger charge is 2.13. The quantitative estimate of drug-likeness (QED) is 0.876. The van der Waals surface area contributed by atoms with Crippen LogP contribution in [-0.4, -0.2) is 50.2 Å². The Kier molecular flexibility index (Phi) is 4.78. The number of nitrogens with zero attached hydrogens (tertiary/aromatic N) is 2. The topological polar surface area (TPSA) is 43.8 Å².